The highest BCUT2D eigenvalue weighted by molar-refractivity contribution is 5.27. The van der Waals surface area contributed by atoms with Crippen LogP contribution in [0.3, 0.4) is 0 Å². The summed E-state index contributed by atoms with van der Waals surface area (Å²) in [6.45, 7) is 4.37. The molecule has 0 spiro atoms. The number of hydrogen-bond acceptors (Lipinski definition) is 2. The molecule has 1 N–H and O–H groups in total. The second kappa shape index (κ2) is 5.64. The van der Waals surface area contributed by atoms with Crippen molar-refractivity contribution >= 4 is 0 Å². The molecule has 3 atom stereocenters. The first kappa shape index (κ1) is 14.5. The van der Waals surface area contributed by atoms with E-state index in [0.717, 1.165) is 19.3 Å². The summed E-state index contributed by atoms with van der Waals surface area (Å²) in [5.41, 5.74) is 1.31. The summed E-state index contributed by atoms with van der Waals surface area (Å²) in [6, 6.07) is 10.6. The number of rotatable bonds is 6. The molecule has 0 amide bonds. The van der Waals surface area contributed by atoms with Crippen LogP contribution in [0.25, 0.3) is 0 Å². The highest BCUT2D eigenvalue weighted by atomic mass is 16.3. The molecule has 0 aromatic heterocycles. The lowest BCUT2D eigenvalue weighted by atomic mass is 9.82. The Balaban J connectivity index is 2.11. The van der Waals surface area contributed by atoms with Crippen LogP contribution in [0.4, 0.5) is 0 Å². The summed E-state index contributed by atoms with van der Waals surface area (Å²) in [6.07, 6.45) is 2.88. The molecule has 1 fully saturated rings. The first-order chi connectivity index (χ1) is 9.06. The second-order valence-electron chi connectivity index (χ2n) is 6.07. The van der Waals surface area contributed by atoms with Crippen LogP contribution in [0.2, 0.25) is 0 Å². The minimum absolute atomic E-state index is 0.0752. The Morgan fingerprint density at radius 1 is 1.21 bits per heavy atom. The Labute approximate surface area is 117 Å². The van der Waals surface area contributed by atoms with E-state index in [4.69, 9.17) is 0 Å². The number of aliphatic hydroxyl groups is 1. The molecule has 2 rings (SSSR count). The van der Waals surface area contributed by atoms with Gasteiger partial charge in [0, 0.05) is 5.54 Å². The molecule has 0 saturated heterocycles. The van der Waals surface area contributed by atoms with Gasteiger partial charge in [0.15, 0.2) is 0 Å². The van der Waals surface area contributed by atoms with Gasteiger partial charge in [-0.3, -0.25) is 0 Å². The molecule has 1 aromatic rings. The fourth-order valence-electron chi connectivity index (χ4n) is 3.61. The van der Waals surface area contributed by atoms with Crippen molar-refractivity contribution in [2.45, 2.75) is 50.7 Å². The summed E-state index contributed by atoms with van der Waals surface area (Å²) >= 11 is 0. The van der Waals surface area contributed by atoms with Crippen molar-refractivity contribution in [3.63, 3.8) is 0 Å². The molecule has 0 radical (unpaired) electrons. The topological polar surface area (TPSA) is 23.5 Å². The molecule has 106 valence electrons. The fourth-order valence-corrected chi connectivity index (χ4v) is 3.61. The number of nitrogens with zero attached hydrogens (tertiary/aromatic N) is 1. The van der Waals surface area contributed by atoms with Gasteiger partial charge in [-0.15, -0.1) is 0 Å². The van der Waals surface area contributed by atoms with Crippen LogP contribution in [-0.2, 0) is 0 Å². The number of likely N-dealkylation sites (N-methyl/N-ethyl adjacent to an activating group) is 1. The third kappa shape index (κ3) is 2.56. The molecule has 3 unspecified atom stereocenters. The van der Waals surface area contributed by atoms with Crippen LogP contribution >= 0.6 is 0 Å². The normalized spacial score (nSPS) is 24.5. The largest absolute Gasteiger partial charge is 0.391 e. The van der Waals surface area contributed by atoms with Crippen LogP contribution in [0.5, 0.6) is 0 Å². The average Bonchev–Trinajstić information content (AvgIpc) is 3.21. The van der Waals surface area contributed by atoms with E-state index in [0.29, 0.717) is 11.8 Å². The maximum atomic E-state index is 10.9. The lowest BCUT2D eigenvalue weighted by Gasteiger charge is -2.43. The summed E-state index contributed by atoms with van der Waals surface area (Å²) in [4.78, 5) is 2.22. The van der Waals surface area contributed by atoms with E-state index in [1.807, 2.05) is 0 Å². The van der Waals surface area contributed by atoms with Crippen LogP contribution in [0.15, 0.2) is 30.3 Å². The standard InChI is InChI=1S/C17H27NO/c1-5-17(6-2,18(3)4)16(19)15-12-14(15)13-10-8-7-9-11-13/h7-11,14-16,19H,5-6,12H2,1-4H3. The molecule has 0 bridgehead atoms. The first-order valence-corrected chi connectivity index (χ1v) is 7.47. The van der Waals surface area contributed by atoms with Crippen LogP contribution < -0.4 is 0 Å². The first-order valence-electron chi connectivity index (χ1n) is 7.47. The lowest BCUT2D eigenvalue weighted by Crippen LogP contribution is -2.53. The summed E-state index contributed by atoms with van der Waals surface area (Å²) in [5.74, 6) is 0.971. The van der Waals surface area contributed by atoms with Crippen molar-refractivity contribution in [1.29, 1.82) is 0 Å². The van der Waals surface area contributed by atoms with Gasteiger partial charge in [-0.05, 0) is 50.8 Å². The van der Waals surface area contributed by atoms with Crippen molar-refractivity contribution in [1.82, 2.24) is 4.90 Å². The van der Waals surface area contributed by atoms with Gasteiger partial charge in [0.05, 0.1) is 6.10 Å². The quantitative estimate of drug-likeness (QED) is 0.849. The highest BCUT2D eigenvalue weighted by Gasteiger charge is 2.51. The van der Waals surface area contributed by atoms with Crippen molar-refractivity contribution in [3.8, 4) is 0 Å². The SMILES string of the molecule is CCC(CC)(C(O)C1CC1c1ccccc1)N(C)C. The molecule has 1 saturated carbocycles. The van der Waals surface area contributed by atoms with E-state index in [9.17, 15) is 5.11 Å². The molecule has 1 aromatic carbocycles. The molecule has 2 nitrogen and oxygen atoms in total. The third-order valence-electron chi connectivity index (χ3n) is 5.14. The molecule has 2 heteroatoms. The predicted octanol–water partition coefficient (Wildman–Crippen LogP) is 3.27. The molecule has 0 heterocycles. The van der Waals surface area contributed by atoms with Gasteiger partial charge >= 0.3 is 0 Å². The van der Waals surface area contributed by atoms with Gasteiger partial charge in [0.1, 0.15) is 0 Å². The summed E-state index contributed by atoms with van der Waals surface area (Å²) < 4.78 is 0. The molecule has 1 aliphatic carbocycles. The average molecular weight is 261 g/mol. The minimum atomic E-state index is -0.234. The van der Waals surface area contributed by atoms with E-state index >= 15 is 0 Å². The van der Waals surface area contributed by atoms with Crippen LogP contribution in [0.1, 0.15) is 44.6 Å². The minimum Gasteiger partial charge on any atom is -0.391 e. The van der Waals surface area contributed by atoms with Crippen LogP contribution in [0, 0.1) is 5.92 Å². The van der Waals surface area contributed by atoms with E-state index in [2.05, 4.69) is 63.2 Å². The van der Waals surface area contributed by atoms with Crippen molar-refractivity contribution in [3.05, 3.63) is 35.9 Å². The lowest BCUT2D eigenvalue weighted by molar-refractivity contribution is -0.0268. The van der Waals surface area contributed by atoms with E-state index < -0.39 is 0 Å². The van der Waals surface area contributed by atoms with E-state index in [-0.39, 0.29) is 11.6 Å². The molecule has 1 aliphatic rings. The number of aliphatic hydroxyl groups excluding tert-OH is 1. The summed E-state index contributed by atoms with van der Waals surface area (Å²) in [5, 5.41) is 10.9. The zero-order valence-electron chi connectivity index (χ0n) is 12.6. The van der Waals surface area contributed by atoms with Crippen LogP contribution in [-0.4, -0.2) is 35.7 Å². The third-order valence-corrected chi connectivity index (χ3v) is 5.14. The zero-order valence-corrected chi connectivity index (χ0v) is 12.6. The van der Waals surface area contributed by atoms with Gasteiger partial charge in [0.25, 0.3) is 0 Å². The Morgan fingerprint density at radius 3 is 2.26 bits per heavy atom. The van der Waals surface area contributed by atoms with Gasteiger partial charge in [-0.25, -0.2) is 0 Å². The summed E-state index contributed by atoms with van der Waals surface area (Å²) in [7, 11) is 4.19. The van der Waals surface area contributed by atoms with Gasteiger partial charge in [0.2, 0.25) is 0 Å². The molecule has 19 heavy (non-hydrogen) atoms. The maximum Gasteiger partial charge on any atom is 0.0757 e. The molecular formula is C17H27NO. The Hall–Kier alpha value is -0.860. The van der Waals surface area contributed by atoms with Gasteiger partial charge in [-0.1, -0.05) is 44.2 Å². The van der Waals surface area contributed by atoms with Gasteiger partial charge < -0.3 is 10.0 Å². The van der Waals surface area contributed by atoms with Crippen molar-refractivity contribution in [2.24, 2.45) is 5.92 Å². The number of benzene rings is 1. The fraction of sp³-hybridized carbons (Fsp3) is 0.647. The molecule has 0 aliphatic heterocycles. The highest BCUT2D eigenvalue weighted by Crippen LogP contribution is 2.53. The smallest absolute Gasteiger partial charge is 0.0757 e. The maximum absolute atomic E-state index is 10.9. The predicted molar refractivity (Wildman–Crippen MR) is 80.3 cm³/mol. The zero-order chi connectivity index (χ0) is 14.0. The van der Waals surface area contributed by atoms with Crippen molar-refractivity contribution in [2.75, 3.05) is 14.1 Å². The second-order valence-corrected chi connectivity index (χ2v) is 6.07. The molecular weight excluding hydrogens is 234 g/mol. The van der Waals surface area contributed by atoms with E-state index in [1.54, 1.807) is 0 Å². The Bertz CT molecular complexity index is 397. The van der Waals surface area contributed by atoms with Crippen molar-refractivity contribution < 1.29 is 5.11 Å². The Morgan fingerprint density at radius 2 is 1.79 bits per heavy atom. The monoisotopic (exact) mass is 261 g/mol. The number of hydrogen-bond donors (Lipinski definition) is 1. The Kier molecular flexibility index (Phi) is 4.32. The van der Waals surface area contributed by atoms with E-state index in [1.165, 1.54) is 5.56 Å². The van der Waals surface area contributed by atoms with Gasteiger partial charge in [-0.2, -0.15) is 0 Å².